The van der Waals surface area contributed by atoms with E-state index < -0.39 is 16.1 Å². The lowest BCUT2D eigenvalue weighted by Gasteiger charge is -2.10. The van der Waals surface area contributed by atoms with E-state index in [1.807, 2.05) is 54.6 Å². The van der Waals surface area contributed by atoms with Gasteiger partial charge in [-0.3, -0.25) is 0 Å². The number of ether oxygens (including phenoxy) is 1. The van der Waals surface area contributed by atoms with Crippen molar-refractivity contribution < 1.29 is 27.2 Å². The molecule has 0 aromatic heterocycles. The van der Waals surface area contributed by atoms with Crippen LogP contribution in [0.4, 0.5) is 0 Å². The quantitative estimate of drug-likeness (QED) is 0.339. The van der Waals surface area contributed by atoms with Gasteiger partial charge in [-0.2, -0.15) is 8.42 Å². The minimum absolute atomic E-state index is 0.267. The summed E-state index contributed by atoms with van der Waals surface area (Å²) in [5.41, 5.74) is 3.00. The van der Waals surface area contributed by atoms with E-state index in [-0.39, 0.29) is 12.4 Å². The molecule has 0 saturated carbocycles. The molecule has 0 aliphatic heterocycles. The second-order valence-electron chi connectivity index (χ2n) is 6.76. The highest BCUT2D eigenvalue weighted by Crippen LogP contribution is 2.28. The van der Waals surface area contributed by atoms with E-state index in [4.69, 9.17) is 14.0 Å². The predicted octanol–water partition coefficient (Wildman–Crippen LogP) is 4.71. The number of benzene rings is 3. The van der Waals surface area contributed by atoms with Gasteiger partial charge in [0.2, 0.25) is 0 Å². The molecule has 32 heavy (non-hydrogen) atoms. The Morgan fingerprint density at radius 3 is 2.09 bits per heavy atom. The molecular weight excluding hydrogens is 448 g/mol. The monoisotopic (exact) mass is 470 g/mol. The van der Waals surface area contributed by atoms with Crippen molar-refractivity contribution in [2.24, 2.45) is 0 Å². The van der Waals surface area contributed by atoms with Crippen molar-refractivity contribution in [3.63, 3.8) is 0 Å². The molecule has 0 aliphatic carbocycles. The number of carboxylic acids is 1. The average molecular weight is 471 g/mol. The first-order valence-electron chi connectivity index (χ1n) is 9.63. The Morgan fingerprint density at radius 2 is 1.50 bits per heavy atom. The largest absolute Gasteiger partial charge is 0.482 e. The molecule has 0 bridgehead atoms. The summed E-state index contributed by atoms with van der Waals surface area (Å²) in [5.74, 6) is 0.455. The molecule has 0 atom stereocenters. The van der Waals surface area contributed by atoms with Crippen LogP contribution in [-0.2, 0) is 14.9 Å². The van der Waals surface area contributed by atoms with Crippen LogP contribution >= 0.6 is 11.8 Å². The number of aliphatic carboxylic acids is 1. The molecular formula is C24H22O6S2. The second kappa shape index (κ2) is 10.9. The third-order valence-corrected chi connectivity index (χ3v) is 5.66. The number of hydrogen-bond acceptors (Lipinski definition) is 6. The number of hydrogen-bond donors (Lipinski definition) is 1. The zero-order valence-corrected chi connectivity index (χ0v) is 18.9. The molecule has 0 aliphatic rings. The van der Waals surface area contributed by atoms with Gasteiger partial charge in [0, 0.05) is 10.6 Å². The van der Waals surface area contributed by atoms with Gasteiger partial charge in [0.05, 0.1) is 6.26 Å². The van der Waals surface area contributed by atoms with Crippen LogP contribution in [0.2, 0.25) is 0 Å². The molecule has 3 rings (SSSR count). The number of thioether (sulfide) groups is 1. The van der Waals surface area contributed by atoms with Gasteiger partial charge in [0.25, 0.3) is 0 Å². The summed E-state index contributed by atoms with van der Waals surface area (Å²) in [5, 5.41) is 8.68. The number of carbonyl (C=O) groups is 1. The van der Waals surface area contributed by atoms with Crippen molar-refractivity contribution in [1.82, 2.24) is 0 Å². The normalized spacial score (nSPS) is 11.7. The van der Waals surface area contributed by atoms with Crippen molar-refractivity contribution >= 4 is 33.4 Å². The van der Waals surface area contributed by atoms with E-state index in [0.29, 0.717) is 11.5 Å². The van der Waals surface area contributed by atoms with Crippen LogP contribution in [0.3, 0.4) is 0 Å². The first kappa shape index (κ1) is 23.4. The van der Waals surface area contributed by atoms with E-state index in [1.54, 1.807) is 36.0 Å². The summed E-state index contributed by atoms with van der Waals surface area (Å²) in [6.07, 6.45) is 3.12. The zero-order chi connectivity index (χ0) is 23.0. The maximum atomic E-state index is 11.3. The smallest absolute Gasteiger partial charge is 0.341 e. The van der Waals surface area contributed by atoms with Crippen LogP contribution in [0, 0.1) is 0 Å². The number of rotatable bonds is 10. The van der Waals surface area contributed by atoms with Crippen LogP contribution in [0.5, 0.6) is 11.5 Å². The Kier molecular flexibility index (Phi) is 7.97. The molecule has 0 unspecified atom stereocenters. The van der Waals surface area contributed by atoms with Crippen LogP contribution in [0.15, 0.2) is 89.8 Å². The maximum absolute atomic E-state index is 11.3. The first-order valence-corrected chi connectivity index (χ1v) is 12.4. The summed E-state index contributed by atoms with van der Waals surface area (Å²) in [4.78, 5) is 11.6. The first-order chi connectivity index (χ1) is 15.3. The summed E-state index contributed by atoms with van der Waals surface area (Å²) < 4.78 is 32.7. The lowest BCUT2D eigenvalue weighted by atomic mass is 9.98. The summed E-state index contributed by atoms with van der Waals surface area (Å²) >= 11 is 1.63. The van der Waals surface area contributed by atoms with Crippen LogP contribution in [-0.4, -0.2) is 38.1 Å². The Hall–Kier alpha value is -3.23. The highest BCUT2D eigenvalue weighted by molar-refractivity contribution is 7.99. The van der Waals surface area contributed by atoms with Gasteiger partial charge < -0.3 is 14.0 Å². The molecule has 6 nitrogen and oxygen atoms in total. The Balaban J connectivity index is 1.74. The third kappa shape index (κ3) is 7.47. The topological polar surface area (TPSA) is 89.9 Å². The predicted molar refractivity (Wildman–Crippen MR) is 126 cm³/mol. The van der Waals surface area contributed by atoms with E-state index in [2.05, 4.69) is 6.08 Å². The molecule has 0 fully saturated rings. The second-order valence-corrected chi connectivity index (χ2v) is 9.43. The standard InChI is InChI=1S/C24H22O6S2/c1-32(27,28)30-21-9-7-19(8-10-21)23(18-5-3-2-4-6-18)15-16-31-22-13-11-20(12-14-22)29-17-24(25)26/h2-15H,16-17H2,1H3,(H,25,26). The van der Waals surface area contributed by atoms with E-state index >= 15 is 0 Å². The van der Waals surface area contributed by atoms with Gasteiger partial charge in [-0.05, 0) is 53.1 Å². The highest BCUT2D eigenvalue weighted by Gasteiger charge is 2.08. The Bertz CT molecular complexity index is 1170. The molecule has 166 valence electrons. The highest BCUT2D eigenvalue weighted by atomic mass is 32.2. The van der Waals surface area contributed by atoms with Crippen LogP contribution in [0.1, 0.15) is 11.1 Å². The molecule has 3 aromatic rings. The number of carboxylic acid groups (broad SMARTS) is 1. The van der Waals surface area contributed by atoms with E-state index in [1.165, 1.54) is 0 Å². The molecule has 0 radical (unpaired) electrons. The van der Waals surface area contributed by atoms with Gasteiger partial charge >= 0.3 is 16.1 Å². The van der Waals surface area contributed by atoms with E-state index in [0.717, 1.165) is 27.9 Å². The summed E-state index contributed by atoms with van der Waals surface area (Å²) in [6, 6.07) is 24.1. The molecule has 0 saturated heterocycles. The maximum Gasteiger partial charge on any atom is 0.341 e. The van der Waals surface area contributed by atoms with Gasteiger partial charge in [-0.25, -0.2) is 4.79 Å². The molecule has 8 heteroatoms. The van der Waals surface area contributed by atoms with Gasteiger partial charge in [0.1, 0.15) is 11.5 Å². The van der Waals surface area contributed by atoms with Gasteiger partial charge in [-0.15, -0.1) is 11.8 Å². The van der Waals surface area contributed by atoms with E-state index in [9.17, 15) is 13.2 Å². The molecule has 3 aromatic carbocycles. The van der Waals surface area contributed by atoms with Gasteiger partial charge in [-0.1, -0.05) is 48.5 Å². The lowest BCUT2D eigenvalue weighted by molar-refractivity contribution is -0.139. The fourth-order valence-corrected chi connectivity index (χ4v) is 4.11. The lowest BCUT2D eigenvalue weighted by Crippen LogP contribution is -2.09. The molecule has 1 N–H and O–H groups in total. The van der Waals surface area contributed by atoms with Crippen molar-refractivity contribution in [2.75, 3.05) is 18.6 Å². The molecule has 0 heterocycles. The van der Waals surface area contributed by atoms with Gasteiger partial charge in [0.15, 0.2) is 6.61 Å². The van der Waals surface area contributed by atoms with Crippen LogP contribution < -0.4 is 8.92 Å². The average Bonchev–Trinajstić information content (AvgIpc) is 2.76. The van der Waals surface area contributed by atoms with Crippen molar-refractivity contribution in [1.29, 1.82) is 0 Å². The fraction of sp³-hybridized carbons (Fsp3) is 0.125. The Labute approximate surface area is 191 Å². The fourth-order valence-electron chi connectivity index (χ4n) is 2.88. The summed E-state index contributed by atoms with van der Waals surface area (Å²) in [7, 11) is -3.57. The van der Waals surface area contributed by atoms with Crippen LogP contribution in [0.25, 0.3) is 5.57 Å². The minimum Gasteiger partial charge on any atom is -0.482 e. The van der Waals surface area contributed by atoms with Crippen molar-refractivity contribution in [2.45, 2.75) is 4.90 Å². The summed E-state index contributed by atoms with van der Waals surface area (Å²) in [6.45, 7) is -0.371. The van der Waals surface area contributed by atoms with Crippen molar-refractivity contribution in [3.8, 4) is 11.5 Å². The SMILES string of the molecule is CS(=O)(=O)Oc1ccc(C(=CCSc2ccc(OCC(=O)O)cc2)c2ccccc2)cc1. The zero-order valence-electron chi connectivity index (χ0n) is 17.3. The Morgan fingerprint density at radius 1 is 0.906 bits per heavy atom. The molecule has 0 amide bonds. The minimum atomic E-state index is -3.57. The molecule has 0 spiro atoms. The third-order valence-electron chi connectivity index (χ3n) is 4.22. The van der Waals surface area contributed by atoms with Crippen molar-refractivity contribution in [3.05, 3.63) is 96.1 Å².